The third kappa shape index (κ3) is 11.1. The molecule has 0 fully saturated rings. The van der Waals surface area contributed by atoms with Gasteiger partial charge in [-0.2, -0.15) is 13.2 Å². The average molecular weight is 226 g/mol. The second-order valence-corrected chi connectivity index (χ2v) is 3.31. The molecule has 1 amide bonds. The summed E-state index contributed by atoms with van der Waals surface area (Å²) < 4.78 is 35.1. The molecule has 0 aliphatic heterocycles. The summed E-state index contributed by atoms with van der Waals surface area (Å²) in [6.45, 7) is 0.245. The smallest absolute Gasteiger partial charge is 0.356 e. The minimum Gasteiger partial charge on any atom is -0.356 e. The number of carbonyl (C=O) groups excluding carboxylic acids is 1. The van der Waals surface area contributed by atoms with Crippen LogP contribution in [0.1, 0.15) is 32.1 Å². The van der Waals surface area contributed by atoms with Crippen molar-refractivity contribution < 1.29 is 18.0 Å². The van der Waals surface area contributed by atoms with E-state index in [9.17, 15) is 18.0 Å². The zero-order chi connectivity index (χ0) is 11.7. The van der Waals surface area contributed by atoms with Gasteiger partial charge in [0.2, 0.25) is 5.91 Å². The van der Waals surface area contributed by atoms with E-state index in [4.69, 9.17) is 5.73 Å². The number of halogens is 3. The number of hydrogen-bond donors (Lipinski definition) is 2. The lowest BCUT2D eigenvalue weighted by Gasteiger charge is -2.07. The van der Waals surface area contributed by atoms with Crippen LogP contribution in [0, 0.1) is 0 Å². The van der Waals surface area contributed by atoms with Crippen LogP contribution in [0.5, 0.6) is 0 Å². The van der Waals surface area contributed by atoms with Crippen molar-refractivity contribution in [3.8, 4) is 0 Å². The number of rotatable bonds is 7. The van der Waals surface area contributed by atoms with Gasteiger partial charge >= 0.3 is 6.18 Å². The highest BCUT2D eigenvalue weighted by Gasteiger charge is 2.26. The summed E-state index contributed by atoms with van der Waals surface area (Å²) in [5.74, 6) is -0.323. The topological polar surface area (TPSA) is 55.1 Å². The lowest BCUT2D eigenvalue weighted by molar-refractivity contribution is -0.135. The molecule has 0 radical (unpaired) electrons. The van der Waals surface area contributed by atoms with E-state index in [1.807, 2.05) is 0 Å². The van der Waals surface area contributed by atoms with Crippen LogP contribution in [0.4, 0.5) is 13.2 Å². The maximum atomic E-state index is 11.7. The van der Waals surface area contributed by atoms with Gasteiger partial charge < -0.3 is 11.1 Å². The molecule has 0 saturated carbocycles. The van der Waals surface area contributed by atoms with E-state index in [0.29, 0.717) is 13.0 Å². The van der Waals surface area contributed by atoms with Crippen molar-refractivity contribution in [3.63, 3.8) is 0 Å². The predicted molar refractivity (Wildman–Crippen MR) is 51.2 cm³/mol. The van der Waals surface area contributed by atoms with Crippen molar-refractivity contribution in [1.29, 1.82) is 0 Å². The fourth-order valence-corrected chi connectivity index (χ4v) is 1.04. The summed E-state index contributed by atoms with van der Waals surface area (Å²) in [5.41, 5.74) is 5.25. The lowest BCUT2D eigenvalue weighted by Crippen LogP contribution is -2.27. The van der Waals surface area contributed by atoms with Gasteiger partial charge in [0.1, 0.15) is 0 Å². The van der Waals surface area contributed by atoms with E-state index >= 15 is 0 Å². The third-order valence-corrected chi connectivity index (χ3v) is 1.84. The summed E-state index contributed by atoms with van der Waals surface area (Å²) in [6.07, 6.45) is -2.54. The monoisotopic (exact) mass is 226 g/mol. The molecule has 6 heteroatoms. The number of nitrogens with two attached hydrogens (primary N) is 1. The highest BCUT2D eigenvalue weighted by molar-refractivity contribution is 5.75. The van der Waals surface area contributed by atoms with Gasteiger partial charge in [0.25, 0.3) is 0 Å². The molecule has 0 heterocycles. The Balaban J connectivity index is 3.34. The lowest BCUT2D eigenvalue weighted by atomic mass is 10.2. The van der Waals surface area contributed by atoms with Gasteiger partial charge in [-0.3, -0.25) is 4.79 Å². The highest BCUT2D eigenvalue weighted by Crippen LogP contribution is 2.18. The molecule has 3 nitrogen and oxygen atoms in total. The normalized spacial score (nSPS) is 11.5. The van der Waals surface area contributed by atoms with Gasteiger partial charge in [-0.05, 0) is 19.4 Å². The molecule has 90 valence electrons. The fourth-order valence-electron chi connectivity index (χ4n) is 1.04. The maximum absolute atomic E-state index is 11.7. The quantitative estimate of drug-likeness (QED) is 0.647. The number of nitrogens with one attached hydrogen (secondary N) is 1. The van der Waals surface area contributed by atoms with E-state index in [-0.39, 0.29) is 18.9 Å². The first-order valence-corrected chi connectivity index (χ1v) is 4.99. The standard InChI is InChI=1S/C9H17F3N2O/c10-9(11,12)5-7-14-8(15)4-2-1-3-6-13/h1-7,13H2,(H,14,15). The summed E-state index contributed by atoms with van der Waals surface area (Å²) in [6, 6.07) is 0. The molecule has 0 rings (SSSR count). The molecule has 15 heavy (non-hydrogen) atoms. The van der Waals surface area contributed by atoms with E-state index in [1.54, 1.807) is 0 Å². The zero-order valence-corrected chi connectivity index (χ0v) is 8.57. The zero-order valence-electron chi connectivity index (χ0n) is 8.57. The highest BCUT2D eigenvalue weighted by atomic mass is 19.4. The Kier molecular flexibility index (Phi) is 7.11. The molecule has 3 N–H and O–H groups in total. The van der Waals surface area contributed by atoms with Gasteiger partial charge in [-0.15, -0.1) is 0 Å². The average Bonchev–Trinajstić information content (AvgIpc) is 2.10. The van der Waals surface area contributed by atoms with Gasteiger partial charge in [0.15, 0.2) is 0 Å². The van der Waals surface area contributed by atoms with Crippen LogP contribution in [-0.2, 0) is 4.79 Å². The predicted octanol–water partition coefficient (Wildman–Crippen LogP) is 1.57. The Morgan fingerprint density at radius 3 is 2.40 bits per heavy atom. The summed E-state index contributed by atoms with van der Waals surface area (Å²) in [5, 5.41) is 2.23. The van der Waals surface area contributed by atoms with Crippen molar-refractivity contribution >= 4 is 5.91 Å². The number of amides is 1. The fraction of sp³-hybridized carbons (Fsp3) is 0.889. The third-order valence-electron chi connectivity index (χ3n) is 1.84. The minimum absolute atomic E-state index is 0.276. The van der Waals surface area contributed by atoms with E-state index < -0.39 is 12.6 Å². The van der Waals surface area contributed by atoms with Crippen LogP contribution >= 0.6 is 0 Å². The Labute approximate surface area is 87.2 Å². The summed E-state index contributed by atoms with van der Waals surface area (Å²) in [7, 11) is 0. The number of unbranched alkanes of at least 4 members (excludes halogenated alkanes) is 2. The molecule has 0 unspecified atom stereocenters. The van der Waals surface area contributed by atoms with Crippen LogP contribution in [0.3, 0.4) is 0 Å². The molecule has 0 aliphatic rings. The summed E-state index contributed by atoms with van der Waals surface area (Å²) >= 11 is 0. The van der Waals surface area contributed by atoms with Gasteiger partial charge in [-0.1, -0.05) is 6.42 Å². The molecule has 0 aromatic rings. The first kappa shape index (κ1) is 14.2. The Morgan fingerprint density at radius 1 is 1.20 bits per heavy atom. The maximum Gasteiger partial charge on any atom is 0.390 e. The van der Waals surface area contributed by atoms with Crippen molar-refractivity contribution in [3.05, 3.63) is 0 Å². The van der Waals surface area contributed by atoms with Gasteiger partial charge in [0, 0.05) is 13.0 Å². The second-order valence-electron chi connectivity index (χ2n) is 3.31. The molecular formula is C9H17F3N2O. The molecule has 0 aromatic carbocycles. The van der Waals surface area contributed by atoms with Crippen molar-refractivity contribution in [2.75, 3.05) is 13.1 Å². The van der Waals surface area contributed by atoms with Crippen LogP contribution in [0.2, 0.25) is 0 Å². The van der Waals surface area contributed by atoms with E-state index in [1.165, 1.54) is 0 Å². The molecule has 0 atom stereocenters. The number of carbonyl (C=O) groups is 1. The van der Waals surface area contributed by atoms with Crippen LogP contribution < -0.4 is 11.1 Å². The molecule has 0 aromatic heterocycles. The first-order valence-electron chi connectivity index (χ1n) is 4.99. The molecular weight excluding hydrogens is 209 g/mol. The Hall–Kier alpha value is -0.780. The molecule has 0 bridgehead atoms. The number of alkyl halides is 3. The van der Waals surface area contributed by atoms with Crippen molar-refractivity contribution in [2.45, 2.75) is 38.3 Å². The van der Waals surface area contributed by atoms with Crippen molar-refractivity contribution in [2.24, 2.45) is 5.73 Å². The van der Waals surface area contributed by atoms with Crippen LogP contribution in [-0.4, -0.2) is 25.2 Å². The van der Waals surface area contributed by atoms with Crippen molar-refractivity contribution in [1.82, 2.24) is 5.32 Å². The first-order chi connectivity index (χ1) is 6.95. The van der Waals surface area contributed by atoms with Gasteiger partial charge in [0.05, 0.1) is 6.42 Å². The van der Waals surface area contributed by atoms with E-state index in [2.05, 4.69) is 5.32 Å². The van der Waals surface area contributed by atoms with Gasteiger partial charge in [-0.25, -0.2) is 0 Å². The summed E-state index contributed by atoms with van der Waals surface area (Å²) in [4.78, 5) is 11.0. The second kappa shape index (κ2) is 7.50. The SMILES string of the molecule is NCCCCCC(=O)NCCC(F)(F)F. The largest absolute Gasteiger partial charge is 0.390 e. The van der Waals surface area contributed by atoms with Crippen LogP contribution in [0.25, 0.3) is 0 Å². The van der Waals surface area contributed by atoms with Crippen LogP contribution in [0.15, 0.2) is 0 Å². The molecule has 0 saturated heterocycles. The van der Waals surface area contributed by atoms with E-state index in [0.717, 1.165) is 12.8 Å². The molecule has 0 aliphatic carbocycles. The minimum atomic E-state index is -4.20. The Morgan fingerprint density at radius 2 is 1.87 bits per heavy atom. The Bertz CT molecular complexity index is 183. The number of hydrogen-bond acceptors (Lipinski definition) is 2. The molecule has 0 spiro atoms.